The number of hydrogen-bond donors (Lipinski definition) is 0. The van der Waals surface area contributed by atoms with Crippen LogP contribution in [0.3, 0.4) is 0 Å². The maximum atomic E-state index is 4.23. The lowest BCUT2D eigenvalue weighted by atomic mass is 9.47. The van der Waals surface area contributed by atoms with Crippen LogP contribution in [0.5, 0.6) is 0 Å². The van der Waals surface area contributed by atoms with E-state index in [2.05, 4.69) is 31.4 Å². The molecule has 0 heteroatoms. The third-order valence-corrected chi connectivity index (χ3v) is 7.80. The Morgan fingerprint density at radius 1 is 0.962 bits per heavy atom. The second kappa shape index (κ2) is 8.82. The van der Waals surface area contributed by atoms with E-state index in [0.29, 0.717) is 10.8 Å². The molecule has 4 rings (SSSR count). The van der Waals surface area contributed by atoms with E-state index >= 15 is 0 Å². The summed E-state index contributed by atoms with van der Waals surface area (Å²) < 4.78 is 0. The van der Waals surface area contributed by atoms with Crippen molar-refractivity contribution in [1.82, 2.24) is 0 Å². The Bertz CT molecular complexity index is 583. The Morgan fingerprint density at radius 2 is 1.69 bits per heavy atom. The van der Waals surface area contributed by atoms with Gasteiger partial charge in [0.1, 0.15) is 0 Å². The van der Waals surface area contributed by atoms with E-state index in [-0.39, 0.29) is 0 Å². The highest BCUT2D eigenvalue weighted by molar-refractivity contribution is 5.34. The SMILES string of the molecule is C=C1C=C2CCC3C4CCCC4(C#CC)CCC3C2(C)CC1.CC.CC. The summed E-state index contributed by atoms with van der Waals surface area (Å²) >= 11 is 0. The van der Waals surface area contributed by atoms with Gasteiger partial charge in [0.25, 0.3) is 0 Å². The van der Waals surface area contributed by atoms with E-state index in [1.165, 1.54) is 63.4 Å². The van der Waals surface area contributed by atoms with E-state index in [9.17, 15) is 0 Å². The van der Waals surface area contributed by atoms with Crippen molar-refractivity contribution in [2.75, 3.05) is 0 Å². The predicted octanol–water partition coefficient (Wildman–Crippen LogP) is 7.95. The molecule has 0 spiro atoms. The number of hydrogen-bond acceptors (Lipinski definition) is 0. The molecule has 0 aromatic heterocycles. The van der Waals surface area contributed by atoms with Crippen LogP contribution >= 0.6 is 0 Å². The normalized spacial score (nSPS) is 40.0. The highest BCUT2D eigenvalue weighted by Gasteiger charge is 2.57. The Balaban J connectivity index is 0.000000570. The lowest BCUT2D eigenvalue weighted by molar-refractivity contribution is -0.0192. The standard InChI is InChI=1S/C22H30.2C2H6/c1-4-11-22-12-5-6-20(22)18-8-7-17-15-16(2)9-13-21(17,3)19(18)10-14-22;2*1-2/h15,18-20H,2,5-10,12-14H2,1,3H3;2*1-2H3. The van der Waals surface area contributed by atoms with Gasteiger partial charge in [0.2, 0.25) is 0 Å². The largest absolute Gasteiger partial charge is 0.106 e. The van der Waals surface area contributed by atoms with Crippen molar-refractivity contribution in [2.45, 2.75) is 99.3 Å². The minimum absolute atomic E-state index is 0.395. The Kier molecular flexibility index (Phi) is 7.24. The Hall–Kier alpha value is -0.960. The smallest absolute Gasteiger partial charge is 0.0345 e. The monoisotopic (exact) mass is 354 g/mol. The van der Waals surface area contributed by atoms with Crippen LogP contribution in [-0.2, 0) is 0 Å². The van der Waals surface area contributed by atoms with Crippen LogP contribution in [0, 0.1) is 40.4 Å². The lowest BCUT2D eigenvalue weighted by Gasteiger charge is -2.57. The molecule has 0 aromatic carbocycles. The molecule has 3 saturated carbocycles. The van der Waals surface area contributed by atoms with Crippen molar-refractivity contribution in [3.8, 4) is 11.8 Å². The zero-order chi connectivity index (χ0) is 19.4. The summed E-state index contributed by atoms with van der Waals surface area (Å²) in [6.07, 6.45) is 14.8. The molecule has 4 aliphatic rings. The van der Waals surface area contributed by atoms with Gasteiger partial charge < -0.3 is 0 Å². The molecule has 0 nitrogen and oxygen atoms in total. The first kappa shape index (κ1) is 21.3. The number of fused-ring (bicyclic) bond motifs is 5. The van der Waals surface area contributed by atoms with Gasteiger partial charge in [-0.05, 0) is 81.5 Å². The Morgan fingerprint density at radius 3 is 2.38 bits per heavy atom. The molecule has 0 saturated heterocycles. The molecule has 5 atom stereocenters. The summed E-state index contributed by atoms with van der Waals surface area (Å²) in [4.78, 5) is 0. The van der Waals surface area contributed by atoms with Crippen molar-refractivity contribution in [3.05, 3.63) is 23.8 Å². The molecule has 3 fully saturated rings. The summed E-state index contributed by atoms with van der Waals surface area (Å²) in [5.41, 5.74) is 3.97. The molecule has 0 aromatic rings. The minimum atomic E-state index is 0.395. The molecule has 0 heterocycles. The summed E-state index contributed by atoms with van der Waals surface area (Å²) in [6, 6.07) is 0. The van der Waals surface area contributed by atoms with E-state index < -0.39 is 0 Å². The Labute approximate surface area is 163 Å². The van der Waals surface area contributed by atoms with E-state index in [1.807, 2.05) is 34.6 Å². The third kappa shape index (κ3) is 3.44. The quantitative estimate of drug-likeness (QED) is 0.387. The molecular formula is C26H42. The van der Waals surface area contributed by atoms with E-state index in [1.54, 1.807) is 5.57 Å². The van der Waals surface area contributed by atoms with Crippen molar-refractivity contribution in [3.63, 3.8) is 0 Å². The molecule has 0 amide bonds. The zero-order valence-electron chi connectivity index (χ0n) is 18.4. The second-order valence-corrected chi connectivity index (χ2v) is 8.62. The minimum Gasteiger partial charge on any atom is -0.106 e. The third-order valence-electron chi connectivity index (χ3n) is 7.80. The fourth-order valence-corrected chi connectivity index (χ4v) is 6.77. The molecule has 4 aliphatic carbocycles. The van der Waals surface area contributed by atoms with Crippen molar-refractivity contribution in [1.29, 1.82) is 0 Å². The van der Waals surface area contributed by atoms with Gasteiger partial charge in [-0.3, -0.25) is 0 Å². The summed E-state index contributed by atoms with van der Waals surface area (Å²) in [7, 11) is 0. The average molecular weight is 355 g/mol. The second-order valence-electron chi connectivity index (χ2n) is 8.62. The average Bonchev–Trinajstić information content (AvgIpc) is 3.10. The van der Waals surface area contributed by atoms with Gasteiger partial charge in [-0.2, -0.15) is 0 Å². The molecule has 0 N–H and O–H groups in total. The van der Waals surface area contributed by atoms with Crippen LogP contribution in [0.25, 0.3) is 0 Å². The van der Waals surface area contributed by atoms with Crippen LogP contribution in [0.4, 0.5) is 0 Å². The first-order chi connectivity index (χ1) is 12.6. The highest BCUT2D eigenvalue weighted by Crippen LogP contribution is 2.65. The summed E-state index contributed by atoms with van der Waals surface area (Å²) in [6.45, 7) is 16.9. The van der Waals surface area contributed by atoms with Gasteiger partial charge in [0.15, 0.2) is 0 Å². The first-order valence-electron chi connectivity index (χ1n) is 11.4. The number of rotatable bonds is 0. The molecule has 0 bridgehead atoms. The summed E-state index contributed by atoms with van der Waals surface area (Å²) in [5.74, 6) is 9.74. The number of allylic oxidation sites excluding steroid dienone is 3. The van der Waals surface area contributed by atoms with Gasteiger partial charge in [-0.15, -0.1) is 5.92 Å². The fraction of sp³-hybridized carbons (Fsp3) is 0.769. The van der Waals surface area contributed by atoms with Crippen LogP contribution in [0.1, 0.15) is 99.3 Å². The van der Waals surface area contributed by atoms with Crippen molar-refractivity contribution < 1.29 is 0 Å². The maximum Gasteiger partial charge on any atom is 0.0345 e. The van der Waals surface area contributed by atoms with E-state index in [4.69, 9.17) is 0 Å². The maximum absolute atomic E-state index is 4.23. The molecule has 0 radical (unpaired) electrons. The molecular weight excluding hydrogens is 312 g/mol. The first-order valence-corrected chi connectivity index (χ1v) is 11.4. The molecule has 26 heavy (non-hydrogen) atoms. The molecule has 5 unspecified atom stereocenters. The van der Waals surface area contributed by atoms with Crippen LogP contribution in [0.2, 0.25) is 0 Å². The van der Waals surface area contributed by atoms with Crippen molar-refractivity contribution >= 4 is 0 Å². The zero-order valence-corrected chi connectivity index (χ0v) is 18.4. The van der Waals surface area contributed by atoms with Gasteiger partial charge in [0, 0.05) is 5.41 Å². The van der Waals surface area contributed by atoms with Crippen LogP contribution in [0.15, 0.2) is 23.8 Å². The van der Waals surface area contributed by atoms with Gasteiger partial charge in [-0.1, -0.05) is 70.8 Å². The predicted molar refractivity (Wildman–Crippen MR) is 116 cm³/mol. The van der Waals surface area contributed by atoms with Crippen LogP contribution in [-0.4, -0.2) is 0 Å². The van der Waals surface area contributed by atoms with Crippen molar-refractivity contribution in [2.24, 2.45) is 28.6 Å². The molecule has 0 aliphatic heterocycles. The van der Waals surface area contributed by atoms with E-state index in [0.717, 1.165) is 17.8 Å². The van der Waals surface area contributed by atoms with Gasteiger partial charge in [-0.25, -0.2) is 0 Å². The topological polar surface area (TPSA) is 0 Å². The van der Waals surface area contributed by atoms with Gasteiger partial charge in [0.05, 0.1) is 0 Å². The fourth-order valence-electron chi connectivity index (χ4n) is 6.77. The lowest BCUT2D eigenvalue weighted by Crippen LogP contribution is -2.49. The van der Waals surface area contributed by atoms with Gasteiger partial charge >= 0.3 is 0 Å². The summed E-state index contributed by atoms with van der Waals surface area (Å²) in [5, 5.41) is 0. The highest BCUT2D eigenvalue weighted by atomic mass is 14.6. The molecule has 146 valence electrons. The van der Waals surface area contributed by atoms with Crippen LogP contribution < -0.4 is 0 Å².